The van der Waals surface area contributed by atoms with Crippen LogP contribution in [0.1, 0.15) is 19.8 Å². The third-order valence-corrected chi connectivity index (χ3v) is 0.354. The summed E-state index contributed by atoms with van der Waals surface area (Å²) in [6, 6.07) is 0. The van der Waals surface area contributed by atoms with Crippen molar-refractivity contribution in [2.75, 3.05) is 0 Å². The van der Waals surface area contributed by atoms with Crippen molar-refractivity contribution in [2.24, 2.45) is 0 Å². The maximum Gasteiger partial charge on any atom is 1.00 e. The van der Waals surface area contributed by atoms with Crippen LogP contribution in [0.25, 0.3) is 6.15 Å². The first-order valence-corrected chi connectivity index (χ1v) is 1.71. The van der Waals surface area contributed by atoms with Gasteiger partial charge >= 0.3 is 37.7 Å². The van der Waals surface area contributed by atoms with Gasteiger partial charge in [-0.15, -0.1) is 0 Å². The van der Waals surface area contributed by atoms with E-state index in [4.69, 9.17) is 0 Å². The van der Waals surface area contributed by atoms with E-state index in [-0.39, 0.29) is 43.9 Å². The molecule has 0 spiro atoms. The number of rotatable bonds is 1. The van der Waals surface area contributed by atoms with Gasteiger partial charge in [-0.05, 0) is 0 Å². The van der Waals surface area contributed by atoms with E-state index in [9.17, 15) is 0 Å². The van der Waals surface area contributed by atoms with Crippen molar-refractivity contribution in [1.29, 1.82) is 0 Å². The quantitative estimate of drug-likeness (QED) is 0.233. The van der Waals surface area contributed by atoms with Crippen LogP contribution in [-0.2, 0) is 0 Å². The molecule has 0 aromatic rings. The van der Waals surface area contributed by atoms with E-state index in [2.05, 4.69) is 13.8 Å². The molecule has 0 fully saturated rings. The number of hydrogen-bond acceptors (Lipinski definition) is 0. The van der Waals surface area contributed by atoms with Crippen LogP contribution in [0.5, 0.6) is 0 Å². The Morgan fingerprint density at radius 1 is 1.29 bits per heavy atom. The Labute approximate surface area is 70.6 Å². The van der Waals surface area contributed by atoms with Crippen LogP contribution in [0.15, 0.2) is 0 Å². The zero-order valence-electron chi connectivity index (χ0n) is 5.70. The zero-order chi connectivity index (χ0) is 3.41. The number of hydrogen-bond donors (Lipinski definition) is 0. The Bertz CT molecular complexity index is 11.7. The van der Waals surface area contributed by atoms with Gasteiger partial charge in [0, 0.05) is 0 Å². The summed E-state index contributed by atoms with van der Waals surface area (Å²) < 4.78 is 0. The van der Waals surface area contributed by atoms with Crippen molar-refractivity contribution >= 4 is 0 Å². The zero-order valence-corrected chi connectivity index (χ0v) is 5.70. The minimum absolute atomic E-state index is 0. The van der Waals surface area contributed by atoms with Gasteiger partial charge in [-0.25, -0.2) is 0 Å². The first-order chi connectivity index (χ1) is 1.91. The van der Waals surface area contributed by atoms with Gasteiger partial charge in [-0.3, -0.25) is 0 Å². The Morgan fingerprint density at radius 3 is 1.43 bits per heavy atom. The molecular formula is C4H11Li2N. The van der Waals surface area contributed by atoms with Crippen LogP contribution in [0.4, 0.5) is 0 Å². The first-order valence-electron chi connectivity index (χ1n) is 1.71. The largest absolute Gasteiger partial charge is 1.00 e. The summed E-state index contributed by atoms with van der Waals surface area (Å²) in [7, 11) is 0. The standard InChI is InChI=1S/C4H9.2Li.H2N/c1-3-4-2;;;/h1,3-4H2,2H3;;;1H2/q-1;2*+1;-1. The van der Waals surface area contributed by atoms with E-state index in [0.29, 0.717) is 0 Å². The molecule has 0 aliphatic rings. The topological polar surface area (TPSA) is 33.5 Å². The minimum atomic E-state index is 0. The van der Waals surface area contributed by atoms with Crippen molar-refractivity contribution in [1.82, 2.24) is 0 Å². The van der Waals surface area contributed by atoms with Crippen LogP contribution in [0, 0.1) is 6.92 Å². The Morgan fingerprint density at radius 2 is 1.43 bits per heavy atom. The monoisotopic (exact) mass is 87.1 g/mol. The molecule has 0 saturated carbocycles. The van der Waals surface area contributed by atoms with Gasteiger partial charge in [0.2, 0.25) is 0 Å². The van der Waals surface area contributed by atoms with Crippen molar-refractivity contribution < 1.29 is 37.7 Å². The first kappa shape index (κ1) is 24.2. The summed E-state index contributed by atoms with van der Waals surface area (Å²) in [6.07, 6.45) is 2.28. The molecule has 0 bridgehead atoms. The molecule has 0 atom stereocenters. The second-order valence-corrected chi connectivity index (χ2v) is 0.854. The predicted molar refractivity (Wildman–Crippen MR) is 25.5 cm³/mol. The molecule has 0 aromatic carbocycles. The van der Waals surface area contributed by atoms with E-state index in [1.54, 1.807) is 0 Å². The maximum absolute atomic E-state index is 3.60. The Hall–Kier alpha value is 1.15. The summed E-state index contributed by atoms with van der Waals surface area (Å²) >= 11 is 0. The fourth-order valence-electron chi connectivity index (χ4n) is 0. The molecule has 0 amide bonds. The molecule has 2 N–H and O–H groups in total. The maximum atomic E-state index is 3.60. The molecule has 34 valence electrons. The molecule has 3 heteroatoms. The van der Waals surface area contributed by atoms with E-state index < -0.39 is 0 Å². The van der Waals surface area contributed by atoms with E-state index >= 15 is 0 Å². The fraction of sp³-hybridized carbons (Fsp3) is 0.750. The molecule has 0 aliphatic heterocycles. The molecular weight excluding hydrogens is 75.9 g/mol. The van der Waals surface area contributed by atoms with Crippen LogP contribution in [0.3, 0.4) is 0 Å². The molecule has 0 unspecified atom stereocenters. The minimum Gasteiger partial charge on any atom is -0.693 e. The van der Waals surface area contributed by atoms with Crippen molar-refractivity contribution in [2.45, 2.75) is 19.8 Å². The van der Waals surface area contributed by atoms with Gasteiger partial charge in [-0.2, -0.15) is 6.42 Å². The van der Waals surface area contributed by atoms with Gasteiger partial charge < -0.3 is 13.1 Å². The van der Waals surface area contributed by atoms with Gasteiger partial charge in [0.15, 0.2) is 0 Å². The van der Waals surface area contributed by atoms with Crippen LogP contribution < -0.4 is 37.7 Å². The number of unbranched alkanes of at least 4 members (excludes halogenated alkanes) is 1. The normalized spacial score (nSPS) is 4.29. The summed E-state index contributed by atoms with van der Waals surface area (Å²) in [5.41, 5.74) is 0. The van der Waals surface area contributed by atoms with Gasteiger partial charge in [0.25, 0.3) is 0 Å². The molecule has 0 aliphatic carbocycles. The predicted octanol–water partition coefficient (Wildman–Crippen LogP) is -3.65. The fourth-order valence-corrected chi connectivity index (χ4v) is 0. The second kappa shape index (κ2) is 27.2. The Balaban J connectivity index is -0.0000000150. The summed E-state index contributed by atoms with van der Waals surface area (Å²) in [5.74, 6) is 0. The molecule has 0 rings (SSSR count). The van der Waals surface area contributed by atoms with Gasteiger partial charge in [0.05, 0.1) is 0 Å². The average molecular weight is 87.0 g/mol. The third-order valence-electron chi connectivity index (χ3n) is 0.354. The van der Waals surface area contributed by atoms with Crippen LogP contribution >= 0.6 is 0 Å². The SMILES string of the molecule is [CH2-]CCC.[Li+].[Li+].[NH2-]. The molecule has 0 radical (unpaired) electrons. The van der Waals surface area contributed by atoms with Gasteiger partial charge in [-0.1, -0.05) is 13.3 Å². The smallest absolute Gasteiger partial charge is 0.693 e. The van der Waals surface area contributed by atoms with Gasteiger partial charge in [0.1, 0.15) is 0 Å². The molecule has 0 heterocycles. The van der Waals surface area contributed by atoms with Crippen molar-refractivity contribution in [3.05, 3.63) is 13.1 Å². The van der Waals surface area contributed by atoms with Crippen molar-refractivity contribution in [3.8, 4) is 0 Å². The van der Waals surface area contributed by atoms with E-state index in [1.807, 2.05) is 0 Å². The third kappa shape index (κ3) is 40.9. The molecule has 7 heavy (non-hydrogen) atoms. The Kier molecular flexibility index (Phi) is 94.1. The molecule has 1 nitrogen and oxygen atoms in total. The van der Waals surface area contributed by atoms with Crippen LogP contribution in [-0.4, -0.2) is 0 Å². The number of nitrogens with two attached hydrogens (primary N) is 1. The average Bonchev–Trinajstić information content (AvgIpc) is 1.37. The molecule has 0 saturated heterocycles. The second-order valence-electron chi connectivity index (χ2n) is 0.854. The molecule has 0 aromatic heterocycles. The van der Waals surface area contributed by atoms with Crippen molar-refractivity contribution in [3.63, 3.8) is 0 Å². The van der Waals surface area contributed by atoms with Crippen LogP contribution in [0.2, 0.25) is 0 Å². The van der Waals surface area contributed by atoms with E-state index in [1.165, 1.54) is 6.42 Å². The van der Waals surface area contributed by atoms with E-state index in [0.717, 1.165) is 6.42 Å². The summed E-state index contributed by atoms with van der Waals surface area (Å²) in [4.78, 5) is 0. The summed E-state index contributed by atoms with van der Waals surface area (Å²) in [5, 5.41) is 0. The summed E-state index contributed by atoms with van der Waals surface area (Å²) in [6.45, 7) is 5.72.